The predicted molar refractivity (Wildman–Crippen MR) is 97.3 cm³/mol. The van der Waals surface area contributed by atoms with Crippen LogP contribution >= 0.6 is 0 Å². The third-order valence-corrected chi connectivity index (χ3v) is 3.66. The summed E-state index contributed by atoms with van der Waals surface area (Å²) in [6, 6.07) is 27.4. The molecule has 0 aromatic heterocycles. The Bertz CT molecular complexity index is 761. The zero-order valence-electron chi connectivity index (χ0n) is 12.4. The fourth-order valence-electron chi connectivity index (χ4n) is 2.35. The highest BCUT2D eigenvalue weighted by molar-refractivity contribution is 5.72. The first kappa shape index (κ1) is 14.1. The van der Waals surface area contributed by atoms with Gasteiger partial charge in [0.15, 0.2) is 0 Å². The molecule has 0 unspecified atom stereocenters. The maximum atomic E-state index is 3.78. The van der Waals surface area contributed by atoms with E-state index in [-0.39, 0.29) is 0 Å². The molecule has 0 fully saturated rings. The molecule has 3 aromatic rings. The molecule has 0 heteroatoms. The molecule has 0 heterocycles. The lowest BCUT2D eigenvalue weighted by atomic mass is 10.0. The predicted octanol–water partition coefficient (Wildman–Crippen LogP) is 6.17. The molecule has 0 amide bonds. The Labute approximate surface area is 132 Å². The van der Waals surface area contributed by atoms with Gasteiger partial charge >= 0.3 is 0 Å². The van der Waals surface area contributed by atoms with E-state index in [1.165, 1.54) is 22.3 Å². The first-order valence-electron chi connectivity index (χ1n) is 7.41. The van der Waals surface area contributed by atoms with Crippen molar-refractivity contribution in [2.45, 2.75) is 0 Å². The molecule has 0 aliphatic heterocycles. The van der Waals surface area contributed by atoms with Crippen LogP contribution in [0.1, 0.15) is 16.7 Å². The molecule has 0 aliphatic carbocycles. The number of hydrogen-bond acceptors (Lipinski definition) is 0. The van der Waals surface area contributed by atoms with E-state index in [1.54, 1.807) is 0 Å². The minimum Gasteiger partial charge on any atom is -0.0985 e. The summed E-state index contributed by atoms with van der Waals surface area (Å²) in [6.45, 7) is 3.78. The van der Waals surface area contributed by atoms with E-state index in [1.807, 2.05) is 12.1 Å². The van der Waals surface area contributed by atoms with Gasteiger partial charge in [-0.05, 0) is 27.8 Å². The van der Waals surface area contributed by atoms with Crippen molar-refractivity contribution < 1.29 is 0 Å². The van der Waals surface area contributed by atoms with E-state index in [0.29, 0.717) is 0 Å². The highest BCUT2D eigenvalue weighted by Gasteiger charge is 1.97. The Kier molecular flexibility index (Phi) is 4.31. The lowest BCUT2D eigenvalue weighted by molar-refractivity contribution is 1.59. The summed E-state index contributed by atoms with van der Waals surface area (Å²) < 4.78 is 0. The molecule has 3 aromatic carbocycles. The highest BCUT2D eigenvalue weighted by Crippen LogP contribution is 2.21. The number of benzene rings is 3. The van der Waals surface area contributed by atoms with Gasteiger partial charge in [-0.25, -0.2) is 0 Å². The molecule has 0 spiro atoms. The molecule has 106 valence electrons. The van der Waals surface area contributed by atoms with Crippen LogP contribution in [0.4, 0.5) is 0 Å². The van der Waals surface area contributed by atoms with Gasteiger partial charge in [0.2, 0.25) is 0 Å². The van der Waals surface area contributed by atoms with Crippen LogP contribution in [0.5, 0.6) is 0 Å². The van der Waals surface area contributed by atoms with Crippen LogP contribution in [0, 0.1) is 0 Å². The van der Waals surface area contributed by atoms with Crippen molar-refractivity contribution in [2.75, 3.05) is 0 Å². The van der Waals surface area contributed by atoms with Gasteiger partial charge < -0.3 is 0 Å². The SMILES string of the molecule is C=Cc1ccc(-c2ccc(/C=C/c3ccccc3)cc2)cc1. The van der Waals surface area contributed by atoms with E-state index in [2.05, 4.69) is 91.5 Å². The number of rotatable bonds is 4. The molecule has 0 N–H and O–H groups in total. The van der Waals surface area contributed by atoms with Crippen LogP contribution in [-0.2, 0) is 0 Å². The summed E-state index contributed by atoms with van der Waals surface area (Å²) in [4.78, 5) is 0. The van der Waals surface area contributed by atoms with Crippen molar-refractivity contribution in [3.63, 3.8) is 0 Å². The van der Waals surface area contributed by atoms with Crippen LogP contribution in [0.15, 0.2) is 85.4 Å². The number of hydrogen-bond donors (Lipinski definition) is 0. The van der Waals surface area contributed by atoms with Crippen molar-refractivity contribution in [3.05, 3.63) is 102 Å². The summed E-state index contributed by atoms with van der Waals surface area (Å²) >= 11 is 0. The van der Waals surface area contributed by atoms with E-state index in [4.69, 9.17) is 0 Å². The van der Waals surface area contributed by atoms with Gasteiger partial charge in [-0.2, -0.15) is 0 Å². The Morgan fingerprint density at radius 2 is 0.955 bits per heavy atom. The maximum Gasteiger partial charge on any atom is -0.0184 e. The Morgan fingerprint density at radius 1 is 0.500 bits per heavy atom. The van der Waals surface area contributed by atoms with Crippen molar-refractivity contribution >= 4 is 18.2 Å². The third kappa shape index (κ3) is 3.42. The minimum atomic E-state index is 1.14. The first-order chi connectivity index (χ1) is 10.8. The van der Waals surface area contributed by atoms with Gasteiger partial charge in [0, 0.05) is 0 Å². The molecular formula is C22H18. The van der Waals surface area contributed by atoms with Crippen LogP contribution < -0.4 is 0 Å². The monoisotopic (exact) mass is 282 g/mol. The third-order valence-electron chi connectivity index (χ3n) is 3.66. The van der Waals surface area contributed by atoms with Gasteiger partial charge in [0.25, 0.3) is 0 Å². The minimum absolute atomic E-state index is 1.14. The van der Waals surface area contributed by atoms with Crippen molar-refractivity contribution in [3.8, 4) is 11.1 Å². The molecule has 0 nitrogen and oxygen atoms in total. The summed E-state index contributed by atoms with van der Waals surface area (Å²) in [5.74, 6) is 0. The van der Waals surface area contributed by atoms with Crippen LogP contribution in [0.3, 0.4) is 0 Å². The first-order valence-corrected chi connectivity index (χ1v) is 7.41. The molecule has 0 saturated carbocycles. The van der Waals surface area contributed by atoms with Crippen LogP contribution in [-0.4, -0.2) is 0 Å². The molecule has 0 radical (unpaired) electrons. The lowest BCUT2D eigenvalue weighted by Gasteiger charge is -2.03. The second-order valence-corrected chi connectivity index (χ2v) is 5.19. The highest BCUT2D eigenvalue weighted by atomic mass is 14.0. The summed E-state index contributed by atoms with van der Waals surface area (Å²) in [6.07, 6.45) is 6.13. The second-order valence-electron chi connectivity index (χ2n) is 5.19. The molecule has 0 bridgehead atoms. The van der Waals surface area contributed by atoms with Crippen LogP contribution in [0.25, 0.3) is 29.4 Å². The summed E-state index contributed by atoms with van der Waals surface area (Å²) in [7, 11) is 0. The topological polar surface area (TPSA) is 0 Å². The normalized spacial score (nSPS) is 10.7. The van der Waals surface area contributed by atoms with E-state index in [0.717, 1.165) is 5.56 Å². The average Bonchev–Trinajstić information content (AvgIpc) is 2.61. The van der Waals surface area contributed by atoms with E-state index < -0.39 is 0 Å². The fourth-order valence-corrected chi connectivity index (χ4v) is 2.35. The van der Waals surface area contributed by atoms with E-state index in [9.17, 15) is 0 Å². The molecule has 0 aliphatic rings. The van der Waals surface area contributed by atoms with Crippen LogP contribution in [0.2, 0.25) is 0 Å². The van der Waals surface area contributed by atoms with Gasteiger partial charge in [-0.1, -0.05) is 104 Å². The molecule has 22 heavy (non-hydrogen) atoms. The molecule has 0 atom stereocenters. The van der Waals surface area contributed by atoms with Gasteiger partial charge in [0.05, 0.1) is 0 Å². The van der Waals surface area contributed by atoms with Crippen molar-refractivity contribution in [1.82, 2.24) is 0 Å². The molecule has 3 rings (SSSR count). The van der Waals surface area contributed by atoms with E-state index >= 15 is 0 Å². The van der Waals surface area contributed by atoms with Gasteiger partial charge in [-0.15, -0.1) is 0 Å². The zero-order valence-corrected chi connectivity index (χ0v) is 12.4. The standard InChI is InChI=1S/C22H18/c1-2-18-10-14-21(15-11-18)22-16-12-20(13-17-22)9-8-19-6-4-3-5-7-19/h2-17H,1H2/b9-8+. The smallest absolute Gasteiger partial charge is 0.0184 e. The molecular weight excluding hydrogens is 264 g/mol. The average molecular weight is 282 g/mol. The Balaban J connectivity index is 1.77. The Hall–Kier alpha value is -2.86. The second kappa shape index (κ2) is 6.73. The van der Waals surface area contributed by atoms with Gasteiger partial charge in [0.1, 0.15) is 0 Å². The van der Waals surface area contributed by atoms with Crippen molar-refractivity contribution in [2.24, 2.45) is 0 Å². The quantitative estimate of drug-likeness (QED) is 0.502. The van der Waals surface area contributed by atoms with Crippen molar-refractivity contribution in [1.29, 1.82) is 0 Å². The summed E-state index contributed by atoms with van der Waals surface area (Å²) in [5, 5.41) is 0. The maximum absolute atomic E-state index is 3.78. The largest absolute Gasteiger partial charge is 0.0985 e. The summed E-state index contributed by atoms with van der Waals surface area (Å²) in [5.41, 5.74) is 6.02. The molecule has 0 saturated heterocycles. The Morgan fingerprint density at radius 3 is 1.45 bits per heavy atom. The lowest BCUT2D eigenvalue weighted by Crippen LogP contribution is -1.79. The zero-order chi connectivity index (χ0) is 15.2. The van der Waals surface area contributed by atoms with Gasteiger partial charge in [-0.3, -0.25) is 0 Å². The fraction of sp³-hybridized carbons (Fsp3) is 0.